The van der Waals surface area contributed by atoms with Crippen LogP contribution in [-0.2, 0) is 0 Å². The van der Waals surface area contributed by atoms with Crippen LogP contribution in [0.1, 0.15) is 18.7 Å². The highest BCUT2D eigenvalue weighted by molar-refractivity contribution is 5.80. The Morgan fingerprint density at radius 3 is 2.65 bits per heavy atom. The Kier molecular flexibility index (Phi) is 5.79. The summed E-state index contributed by atoms with van der Waals surface area (Å²) in [6.07, 6.45) is 1.65. The third-order valence-electron chi connectivity index (χ3n) is 5.21. The van der Waals surface area contributed by atoms with E-state index in [1.165, 1.54) is 10.7 Å². The minimum atomic E-state index is -0.494. The van der Waals surface area contributed by atoms with Crippen molar-refractivity contribution < 1.29 is 0 Å². The zero-order valence-corrected chi connectivity index (χ0v) is 17.4. The monoisotopic (exact) mass is 416 g/mol. The van der Waals surface area contributed by atoms with Crippen molar-refractivity contribution in [3.8, 4) is 0 Å². The van der Waals surface area contributed by atoms with Crippen LogP contribution in [0.4, 0.5) is 11.6 Å². The molecular formula is C23H24N6O2. The van der Waals surface area contributed by atoms with Crippen LogP contribution in [0.15, 0.2) is 76.4 Å². The van der Waals surface area contributed by atoms with Gasteiger partial charge in [-0.2, -0.15) is 5.10 Å². The third kappa shape index (κ3) is 4.48. The van der Waals surface area contributed by atoms with Gasteiger partial charge in [-0.25, -0.2) is 9.67 Å². The maximum atomic E-state index is 12.9. The number of fused-ring (bicyclic) bond motifs is 1. The molecule has 0 aliphatic rings. The molecule has 8 heteroatoms. The maximum absolute atomic E-state index is 12.9. The molecule has 1 unspecified atom stereocenters. The van der Waals surface area contributed by atoms with Crippen LogP contribution in [0, 0.1) is 0 Å². The molecule has 2 N–H and O–H groups in total. The van der Waals surface area contributed by atoms with E-state index in [-0.39, 0.29) is 11.1 Å². The van der Waals surface area contributed by atoms with Gasteiger partial charge in [-0.3, -0.25) is 14.6 Å². The molecule has 0 aliphatic heterocycles. The molecule has 0 saturated heterocycles. The number of aromatic amines is 1. The van der Waals surface area contributed by atoms with Gasteiger partial charge in [0.15, 0.2) is 0 Å². The minimum Gasteiger partial charge on any atom is -0.373 e. The van der Waals surface area contributed by atoms with Gasteiger partial charge in [-0.15, -0.1) is 0 Å². The van der Waals surface area contributed by atoms with Crippen molar-refractivity contribution in [3.05, 3.63) is 93.3 Å². The summed E-state index contributed by atoms with van der Waals surface area (Å²) in [6, 6.07) is 18.2. The number of likely N-dealkylation sites (N-methyl/N-ethyl adjacent to an activating group) is 1. The Morgan fingerprint density at radius 2 is 1.84 bits per heavy atom. The predicted octanol–water partition coefficient (Wildman–Crippen LogP) is 2.64. The van der Waals surface area contributed by atoms with E-state index in [1.54, 1.807) is 19.2 Å². The van der Waals surface area contributed by atoms with Gasteiger partial charge in [0, 0.05) is 37.3 Å². The van der Waals surface area contributed by atoms with Crippen LogP contribution in [0.3, 0.4) is 0 Å². The van der Waals surface area contributed by atoms with Gasteiger partial charge in [0.1, 0.15) is 0 Å². The first-order valence-corrected chi connectivity index (χ1v) is 10.1. The van der Waals surface area contributed by atoms with Crippen molar-refractivity contribution in [1.29, 1.82) is 0 Å². The number of hydrogen-bond donors (Lipinski definition) is 2. The van der Waals surface area contributed by atoms with E-state index in [1.807, 2.05) is 55.6 Å². The van der Waals surface area contributed by atoms with Gasteiger partial charge in [-0.1, -0.05) is 36.4 Å². The topological polar surface area (TPSA) is 95.9 Å². The molecule has 0 radical (unpaired) electrons. The van der Waals surface area contributed by atoms with Crippen LogP contribution in [0.2, 0.25) is 0 Å². The Morgan fingerprint density at radius 1 is 1.10 bits per heavy atom. The van der Waals surface area contributed by atoms with Gasteiger partial charge in [0.25, 0.3) is 11.1 Å². The summed E-state index contributed by atoms with van der Waals surface area (Å²) in [5.41, 5.74) is 1.07. The van der Waals surface area contributed by atoms with E-state index in [2.05, 4.69) is 25.3 Å². The zero-order valence-electron chi connectivity index (χ0n) is 17.4. The van der Waals surface area contributed by atoms with Crippen LogP contribution in [0.25, 0.3) is 10.8 Å². The molecule has 0 aliphatic carbocycles. The van der Waals surface area contributed by atoms with Crippen molar-refractivity contribution in [2.45, 2.75) is 13.0 Å². The van der Waals surface area contributed by atoms with Crippen molar-refractivity contribution in [3.63, 3.8) is 0 Å². The summed E-state index contributed by atoms with van der Waals surface area (Å²) in [6.45, 7) is 3.11. The fourth-order valence-electron chi connectivity index (χ4n) is 3.43. The largest absolute Gasteiger partial charge is 0.373 e. The lowest BCUT2D eigenvalue weighted by atomic mass is 10.2. The summed E-state index contributed by atoms with van der Waals surface area (Å²) in [4.78, 5) is 34.4. The average molecular weight is 416 g/mol. The molecule has 1 atom stereocenters. The number of benzene rings is 2. The summed E-state index contributed by atoms with van der Waals surface area (Å²) in [5, 5.41) is 8.80. The lowest BCUT2D eigenvalue weighted by molar-refractivity contribution is 0.524. The smallest absolute Gasteiger partial charge is 0.275 e. The Balaban J connectivity index is 1.52. The van der Waals surface area contributed by atoms with E-state index >= 15 is 0 Å². The third-order valence-corrected chi connectivity index (χ3v) is 5.21. The Bertz CT molecular complexity index is 1300. The van der Waals surface area contributed by atoms with E-state index in [0.717, 1.165) is 17.6 Å². The molecule has 2 heterocycles. The second-order valence-corrected chi connectivity index (χ2v) is 7.36. The first-order chi connectivity index (χ1) is 15.0. The summed E-state index contributed by atoms with van der Waals surface area (Å²) >= 11 is 0. The van der Waals surface area contributed by atoms with Crippen LogP contribution < -0.4 is 21.3 Å². The van der Waals surface area contributed by atoms with Crippen LogP contribution in [-0.4, -0.2) is 39.9 Å². The summed E-state index contributed by atoms with van der Waals surface area (Å²) in [7, 11) is 2.00. The molecule has 4 aromatic rings. The van der Waals surface area contributed by atoms with Gasteiger partial charge >= 0.3 is 0 Å². The molecule has 158 valence electrons. The molecule has 2 aromatic carbocycles. The summed E-state index contributed by atoms with van der Waals surface area (Å²) in [5.74, 6) is 0.365. The predicted molar refractivity (Wildman–Crippen MR) is 123 cm³/mol. The van der Waals surface area contributed by atoms with Gasteiger partial charge < -0.3 is 10.2 Å². The molecule has 8 nitrogen and oxygen atoms in total. The van der Waals surface area contributed by atoms with E-state index in [4.69, 9.17) is 0 Å². The highest BCUT2D eigenvalue weighted by atomic mass is 16.1. The van der Waals surface area contributed by atoms with E-state index < -0.39 is 6.04 Å². The molecule has 2 aromatic heterocycles. The number of rotatable bonds is 7. The van der Waals surface area contributed by atoms with Gasteiger partial charge in [0.2, 0.25) is 5.95 Å². The first kappa shape index (κ1) is 20.3. The number of anilines is 2. The molecular weight excluding hydrogens is 392 g/mol. The normalized spacial score (nSPS) is 11.9. The van der Waals surface area contributed by atoms with Gasteiger partial charge in [0.05, 0.1) is 23.3 Å². The van der Waals surface area contributed by atoms with Gasteiger partial charge in [-0.05, 0) is 25.1 Å². The molecule has 0 spiro atoms. The number of nitrogens with zero attached hydrogens (tertiary/aromatic N) is 4. The second kappa shape index (κ2) is 8.83. The average Bonchev–Trinajstić information content (AvgIpc) is 2.79. The number of hydrogen-bond acceptors (Lipinski definition) is 6. The maximum Gasteiger partial charge on any atom is 0.275 e. The number of aromatic nitrogens is 4. The first-order valence-electron chi connectivity index (χ1n) is 10.1. The fraction of sp³-hybridized carbons (Fsp3) is 0.217. The Labute approximate surface area is 179 Å². The SMILES string of the molecule is CC(c1cc(=O)[nH]c(NCCN(C)c2ccccc2)n1)n1ncc2ccccc2c1=O. The molecule has 0 amide bonds. The van der Waals surface area contributed by atoms with Crippen LogP contribution >= 0.6 is 0 Å². The van der Waals surface area contributed by atoms with E-state index in [9.17, 15) is 9.59 Å². The van der Waals surface area contributed by atoms with Crippen molar-refractivity contribution in [1.82, 2.24) is 19.7 Å². The van der Waals surface area contributed by atoms with Crippen molar-refractivity contribution in [2.75, 3.05) is 30.4 Å². The highest BCUT2D eigenvalue weighted by Gasteiger charge is 2.16. The van der Waals surface area contributed by atoms with E-state index in [0.29, 0.717) is 23.6 Å². The molecule has 31 heavy (non-hydrogen) atoms. The fourth-order valence-corrected chi connectivity index (χ4v) is 3.43. The quantitative estimate of drug-likeness (QED) is 0.481. The molecule has 0 saturated carbocycles. The Hall–Kier alpha value is -3.94. The highest BCUT2D eigenvalue weighted by Crippen LogP contribution is 2.15. The zero-order chi connectivity index (χ0) is 21.8. The molecule has 4 rings (SSSR count). The van der Waals surface area contributed by atoms with Crippen LogP contribution in [0.5, 0.6) is 0 Å². The van der Waals surface area contributed by atoms with Crippen molar-refractivity contribution in [2.24, 2.45) is 0 Å². The second-order valence-electron chi connectivity index (χ2n) is 7.36. The lowest BCUT2D eigenvalue weighted by Gasteiger charge is -2.19. The van der Waals surface area contributed by atoms with Crippen molar-refractivity contribution >= 4 is 22.4 Å². The molecule has 0 bridgehead atoms. The number of H-pyrrole nitrogens is 1. The minimum absolute atomic E-state index is 0.216. The standard InChI is InChI=1S/C23H24N6O2/c1-16(29-22(31)19-11-7-6-8-17(19)15-25-29)20-14-21(30)27-23(26-20)24-12-13-28(2)18-9-4-3-5-10-18/h3-11,14-16H,12-13H2,1-2H3,(H2,24,26,27,30). The lowest BCUT2D eigenvalue weighted by Crippen LogP contribution is -2.29. The summed E-state index contributed by atoms with van der Waals surface area (Å²) < 4.78 is 1.36. The number of nitrogens with one attached hydrogen (secondary N) is 2. The molecule has 0 fully saturated rings. The number of para-hydroxylation sites is 1.